The molecule has 2 unspecified atom stereocenters. The van der Waals surface area contributed by atoms with Crippen LogP contribution in [0.5, 0.6) is 0 Å². The topological polar surface area (TPSA) is 72.5 Å². The number of carbonyl (C=O) groups is 1. The first kappa shape index (κ1) is 14.4. The largest absolute Gasteiger partial charge is 0.466 e. The van der Waals surface area contributed by atoms with E-state index < -0.39 is 20.6 Å². The highest BCUT2D eigenvalue weighted by Crippen LogP contribution is 2.37. The van der Waals surface area contributed by atoms with Gasteiger partial charge in [-0.15, -0.1) is 0 Å². The molecule has 0 saturated heterocycles. The first-order valence-electron chi connectivity index (χ1n) is 5.89. The lowest BCUT2D eigenvalue weighted by Gasteiger charge is -2.33. The average Bonchev–Trinajstić information content (AvgIpc) is 2.62. The zero-order valence-corrected chi connectivity index (χ0v) is 11.5. The molecule has 1 aliphatic carbocycles. The monoisotopic (exact) mass is 263 g/mol. The van der Waals surface area contributed by atoms with Gasteiger partial charge in [0, 0.05) is 11.8 Å². The molecule has 0 radical (unpaired) electrons. The van der Waals surface area contributed by atoms with Crippen molar-refractivity contribution in [2.45, 2.75) is 43.4 Å². The Kier molecular flexibility index (Phi) is 4.55. The van der Waals surface area contributed by atoms with E-state index in [2.05, 4.69) is 5.32 Å². The number of nitrogens with one attached hydrogen (secondary N) is 1. The van der Waals surface area contributed by atoms with Crippen molar-refractivity contribution in [1.29, 1.82) is 0 Å². The smallest absolute Gasteiger partial charge is 0.307 e. The number of hydrogen-bond donors (Lipinski definition) is 1. The Bertz CT molecular complexity index is 379. The lowest BCUT2D eigenvalue weighted by atomic mass is 9.93. The van der Waals surface area contributed by atoms with Crippen LogP contribution in [0.3, 0.4) is 0 Å². The molecule has 0 aliphatic heterocycles. The van der Waals surface area contributed by atoms with Gasteiger partial charge in [-0.3, -0.25) is 4.79 Å². The molecule has 0 heterocycles. The van der Waals surface area contributed by atoms with Gasteiger partial charge >= 0.3 is 5.97 Å². The summed E-state index contributed by atoms with van der Waals surface area (Å²) < 4.78 is 28.4. The van der Waals surface area contributed by atoms with Crippen molar-refractivity contribution in [3.8, 4) is 0 Å². The molecular weight excluding hydrogens is 242 g/mol. The molecule has 1 aliphatic rings. The Labute approximate surface area is 103 Å². The van der Waals surface area contributed by atoms with Gasteiger partial charge in [0.25, 0.3) is 0 Å². The molecule has 0 aromatic heterocycles. The molecule has 1 N–H and O–H groups in total. The van der Waals surface area contributed by atoms with Crippen molar-refractivity contribution in [3.05, 3.63) is 0 Å². The Hall–Kier alpha value is -0.620. The number of carbonyl (C=O) groups excluding carboxylic acids is 1. The lowest BCUT2D eigenvalue weighted by Crippen LogP contribution is -2.53. The number of hydrogen-bond acceptors (Lipinski definition) is 5. The van der Waals surface area contributed by atoms with Gasteiger partial charge in [-0.05, 0) is 26.8 Å². The molecule has 0 spiro atoms. The van der Waals surface area contributed by atoms with Crippen LogP contribution in [-0.4, -0.2) is 45.1 Å². The highest BCUT2D eigenvalue weighted by Gasteiger charge is 2.48. The number of ether oxygens (including phenoxy) is 1. The minimum atomic E-state index is -3.15. The summed E-state index contributed by atoms with van der Waals surface area (Å²) in [7, 11) is -1.44. The van der Waals surface area contributed by atoms with Gasteiger partial charge < -0.3 is 10.1 Å². The molecule has 0 aromatic rings. The van der Waals surface area contributed by atoms with Crippen LogP contribution in [0.4, 0.5) is 0 Å². The van der Waals surface area contributed by atoms with Crippen LogP contribution < -0.4 is 5.32 Å². The Balaban J connectivity index is 2.90. The predicted octanol–water partition coefficient (Wildman–Crippen LogP) is 0.495. The normalized spacial score (nSPS) is 29.2. The molecule has 2 atom stereocenters. The third-order valence-corrected chi connectivity index (χ3v) is 5.21. The van der Waals surface area contributed by atoms with E-state index in [-0.39, 0.29) is 12.4 Å². The molecule has 0 amide bonds. The van der Waals surface area contributed by atoms with E-state index in [9.17, 15) is 13.2 Å². The molecule has 5 nitrogen and oxygen atoms in total. The maximum atomic E-state index is 11.8. The standard InChI is InChI=1S/C11H21NO4S/c1-4-16-10(13)8-11(12-2)7-5-6-9(11)17(3,14)15/h9,12H,4-8H2,1-3H3. The van der Waals surface area contributed by atoms with Crippen molar-refractivity contribution >= 4 is 15.8 Å². The summed E-state index contributed by atoms with van der Waals surface area (Å²) in [5.74, 6) is -0.336. The first-order chi connectivity index (χ1) is 7.85. The van der Waals surface area contributed by atoms with Crippen molar-refractivity contribution in [1.82, 2.24) is 5.32 Å². The molecular formula is C11H21NO4S. The van der Waals surface area contributed by atoms with Crippen molar-refractivity contribution in [2.24, 2.45) is 0 Å². The second-order valence-electron chi connectivity index (χ2n) is 4.60. The molecule has 1 saturated carbocycles. The number of esters is 1. The second-order valence-corrected chi connectivity index (χ2v) is 6.83. The van der Waals surface area contributed by atoms with Crippen LogP contribution >= 0.6 is 0 Å². The Morgan fingerprint density at radius 2 is 2.18 bits per heavy atom. The molecule has 17 heavy (non-hydrogen) atoms. The maximum absolute atomic E-state index is 11.8. The summed E-state index contributed by atoms with van der Waals surface area (Å²) in [6.45, 7) is 2.06. The highest BCUT2D eigenvalue weighted by molar-refractivity contribution is 7.91. The van der Waals surface area contributed by atoms with E-state index in [1.165, 1.54) is 6.26 Å². The van der Waals surface area contributed by atoms with Crippen LogP contribution in [0.25, 0.3) is 0 Å². The van der Waals surface area contributed by atoms with E-state index in [1.807, 2.05) is 0 Å². The fourth-order valence-electron chi connectivity index (χ4n) is 2.71. The third-order valence-electron chi connectivity index (χ3n) is 3.49. The van der Waals surface area contributed by atoms with Crippen molar-refractivity contribution in [2.75, 3.05) is 19.9 Å². The Morgan fingerprint density at radius 1 is 1.53 bits per heavy atom. The van der Waals surface area contributed by atoms with Crippen LogP contribution in [0.1, 0.15) is 32.6 Å². The zero-order chi connectivity index (χ0) is 13.1. The van der Waals surface area contributed by atoms with Crippen LogP contribution in [0.2, 0.25) is 0 Å². The van der Waals surface area contributed by atoms with E-state index in [0.29, 0.717) is 19.4 Å². The summed E-state index contributed by atoms with van der Waals surface area (Å²) in [4.78, 5) is 11.6. The van der Waals surface area contributed by atoms with Gasteiger partial charge in [-0.1, -0.05) is 6.42 Å². The van der Waals surface area contributed by atoms with E-state index in [1.54, 1.807) is 14.0 Å². The minimum absolute atomic E-state index is 0.120. The van der Waals surface area contributed by atoms with E-state index >= 15 is 0 Å². The van der Waals surface area contributed by atoms with Crippen LogP contribution in [0, 0.1) is 0 Å². The molecule has 100 valence electrons. The maximum Gasteiger partial charge on any atom is 0.307 e. The summed E-state index contributed by atoms with van der Waals surface area (Å²) in [5.41, 5.74) is -0.653. The quantitative estimate of drug-likeness (QED) is 0.731. The SMILES string of the molecule is CCOC(=O)CC1(NC)CCCC1S(C)(=O)=O. The highest BCUT2D eigenvalue weighted by atomic mass is 32.2. The first-order valence-corrected chi connectivity index (χ1v) is 7.84. The number of rotatable bonds is 5. The van der Waals surface area contributed by atoms with Gasteiger partial charge in [-0.25, -0.2) is 8.42 Å². The fraction of sp³-hybridized carbons (Fsp3) is 0.909. The van der Waals surface area contributed by atoms with Crippen molar-refractivity contribution < 1.29 is 17.9 Å². The Morgan fingerprint density at radius 3 is 2.65 bits per heavy atom. The van der Waals surface area contributed by atoms with Gasteiger partial charge in [0.1, 0.15) is 0 Å². The second kappa shape index (κ2) is 5.35. The summed E-state index contributed by atoms with van der Waals surface area (Å²) >= 11 is 0. The summed E-state index contributed by atoms with van der Waals surface area (Å²) in [6, 6.07) is 0. The van der Waals surface area contributed by atoms with Crippen molar-refractivity contribution in [3.63, 3.8) is 0 Å². The molecule has 1 fully saturated rings. The number of sulfone groups is 1. The van der Waals surface area contributed by atoms with Gasteiger partial charge in [0.2, 0.25) is 0 Å². The zero-order valence-electron chi connectivity index (χ0n) is 10.7. The average molecular weight is 263 g/mol. The molecule has 1 rings (SSSR count). The van der Waals surface area contributed by atoms with Gasteiger partial charge in [-0.2, -0.15) is 0 Å². The molecule has 6 heteroatoms. The molecule has 0 aromatic carbocycles. The van der Waals surface area contributed by atoms with Crippen LogP contribution in [0.15, 0.2) is 0 Å². The molecule has 0 bridgehead atoms. The van der Waals surface area contributed by atoms with E-state index in [4.69, 9.17) is 4.74 Å². The predicted molar refractivity (Wildman–Crippen MR) is 65.5 cm³/mol. The fourth-order valence-corrected chi connectivity index (χ4v) is 4.44. The summed E-state index contributed by atoms with van der Waals surface area (Å²) in [5, 5.41) is 2.55. The van der Waals surface area contributed by atoms with Gasteiger partial charge in [0.05, 0.1) is 18.3 Å². The van der Waals surface area contributed by atoms with E-state index in [0.717, 1.165) is 6.42 Å². The summed E-state index contributed by atoms with van der Waals surface area (Å²) in [6.07, 6.45) is 3.48. The van der Waals surface area contributed by atoms with Gasteiger partial charge in [0.15, 0.2) is 9.84 Å². The third kappa shape index (κ3) is 3.19. The minimum Gasteiger partial charge on any atom is -0.466 e. The van der Waals surface area contributed by atoms with Crippen LogP contribution in [-0.2, 0) is 19.4 Å². The lowest BCUT2D eigenvalue weighted by molar-refractivity contribution is -0.144.